The third-order valence-corrected chi connectivity index (χ3v) is 5.08. The molecule has 0 amide bonds. The van der Waals surface area contributed by atoms with Crippen LogP contribution in [0.1, 0.15) is 103 Å². The van der Waals surface area contributed by atoms with Gasteiger partial charge >= 0.3 is 0 Å². The highest BCUT2D eigenvalue weighted by atomic mass is 16.2. The minimum Gasteiger partial charge on any atom is -0.400 e. The molecule has 0 spiro atoms. The van der Waals surface area contributed by atoms with Gasteiger partial charge in [0.1, 0.15) is 0 Å². The van der Waals surface area contributed by atoms with E-state index in [1.807, 2.05) is 0 Å². The summed E-state index contributed by atoms with van der Waals surface area (Å²) in [6.45, 7) is 1.05. The second-order valence-corrected chi connectivity index (χ2v) is 7.08. The molecule has 0 aromatic carbocycles. The van der Waals surface area contributed by atoms with E-state index in [2.05, 4.69) is 11.5 Å². The van der Waals surface area contributed by atoms with Crippen LogP contribution in [-0.4, -0.2) is 24.5 Å². The molecule has 3 nitrogen and oxygen atoms in total. The first-order valence-corrected chi connectivity index (χ1v) is 10.4. The average Bonchev–Trinajstić information content (AvgIpc) is 2.73. The Morgan fingerprint density at radius 2 is 1.25 bits per heavy atom. The first-order valence-electron chi connectivity index (χ1n) is 10.4. The molecule has 1 aliphatic carbocycles. The lowest BCUT2D eigenvalue weighted by Gasteiger charge is -2.12. The zero-order valence-corrected chi connectivity index (χ0v) is 16.0. The summed E-state index contributed by atoms with van der Waals surface area (Å²) in [5.74, 6) is 0. The molecule has 24 heavy (non-hydrogen) atoms. The normalized spacial score (nSPS) is 26.6. The number of hydrogen-bond acceptors (Lipinski definition) is 3. The van der Waals surface area contributed by atoms with Crippen molar-refractivity contribution in [2.24, 2.45) is 5.10 Å². The summed E-state index contributed by atoms with van der Waals surface area (Å²) in [4.78, 5) is 0. The van der Waals surface area contributed by atoms with Gasteiger partial charge in [0.2, 0.25) is 0 Å². The topological polar surface area (TPSA) is 44.6 Å². The van der Waals surface area contributed by atoms with Gasteiger partial charge in [-0.05, 0) is 50.5 Å². The zero-order valence-electron chi connectivity index (χ0n) is 16.0. The molecule has 0 fully saturated rings. The maximum Gasteiger partial charge on any atom is 0.0631 e. The number of hydrogen-bond donors (Lipinski definition) is 2. The molecule has 0 aromatic rings. The van der Waals surface area contributed by atoms with Crippen LogP contribution >= 0.6 is 0 Å². The van der Waals surface area contributed by atoms with Crippen molar-refractivity contribution in [2.75, 3.05) is 13.7 Å². The maximum atomic E-state index is 7.00. The molecule has 0 atom stereocenters. The van der Waals surface area contributed by atoms with Gasteiger partial charge in [-0.25, -0.2) is 0 Å². The van der Waals surface area contributed by atoms with Crippen molar-refractivity contribution in [3.8, 4) is 0 Å². The van der Waals surface area contributed by atoms with Crippen molar-refractivity contribution in [3.05, 3.63) is 11.6 Å². The van der Waals surface area contributed by atoms with Crippen LogP contribution in [0, 0.1) is 0 Å². The minimum atomic E-state index is 1.00. The monoisotopic (exact) mass is 336 g/mol. The second-order valence-electron chi connectivity index (χ2n) is 7.08. The Morgan fingerprint density at radius 1 is 0.708 bits per heavy atom. The van der Waals surface area contributed by atoms with Gasteiger partial charge in [-0.3, -0.25) is 0 Å². The standard InChI is InChI=1S/C20H36N2.CH4O/c1-2-4-8-12-16-19(15-11-7-3-1)20-17-13-9-5-6-10-14-18-21-22-20;1-2/h15,21H,1-14,16-18H2;2H,1H3/b19-15+,22-20-;. The molecule has 1 aliphatic heterocycles. The van der Waals surface area contributed by atoms with Crippen LogP contribution in [0.25, 0.3) is 0 Å². The molecular weight excluding hydrogens is 296 g/mol. The molecule has 3 heteroatoms. The Labute approximate surface area is 150 Å². The number of rotatable bonds is 1. The highest BCUT2D eigenvalue weighted by molar-refractivity contribution is 5.99. The van der Waals surface area contributed by atoms with Crippen LogP contribution in [0.5, 0.6) is 0 Å². The van der Waals surface area contributed by atoms with E-state index in [0.717, 1.165) is 13.7 Å². The number of nitrogens with one attached hydrogen (secondary N) is 1. The van der Waals surface area contributed by atoms with E-state index >= 15 is 0 Å². The smallest absolute Gasteiger partial charge is 0.0631 e. The van der Waals surface area contributed by atoms with Crippen molar-refractivity contribution in [1.29, 1.82) is 0 Å². The van der Waals surface area contributed by atoms with Crippen LogP contribution in [0.4, 0.5) is 0 Å². The maximum absolute atomic E-state index is 7.00. The van der Waals surface area contributed by atoms with E-state index in [9.17, 15) is 0 Å². The van der Waals surface area contributed by atoms with Gasteiger partial charge in [-0.15, -0.1) is 0 Å². The Kier molecular flexibility index (Phi) is 13.9. The van der Waals surface area contributed by atoms with Gasteiger partial charge in [0.05, 0.1) is 5.71 Å². The summed E-state index contributed by atoms with van der Waals surface area (Å²) in [5.41, 5.74) is 6.29. The predicted octanol–water partition coefficient (Wildman–Crippen LogP) is 5.74. The summed E-state index contributed by atoms with van der Waals surface area (Å²) in [6, 6.07) is 0. The van der Waals surface area contributed by atoms with Gasteiger partial charge < -0.3 is 10.5 Å². The molecule has 0 saturated heterocycles. The van der Waals surface area contributed by atoms with Crippen molar-refractivity contribution in [1.82, 2.24) is 5.43 Å². The average molecular weight is 337 g/mol. The van der Waals surface area contributed by atoms with E-state index in [-0.39, 0.29) is 0 Å². The zero-order chi connectivity index (χ0) is 17.3. The minimum absolute atomic E-state index is 1.00. The first kappa shape index (κ1) is 21.2. The molecule has 140 valence electrons. The van der Waals surface area contributed by atoms with Crippen LogP contribution in [0.2, 0.25) is 0 Å². The highest BCUT2D eigenvalue weighted by Gasteiger charge is 2.09. The Hall–Kier alpha value is -0.830. The van der Waals surface area contributed by atoms with Crippen LogP contribution in [0.15, 0.2) is 16.8 Å². The Morgan fingerprint density at radius 3 is 1.96 bits per heavy atom. The number of allylic oxidation sites excluding steroid dienone is 2. The largest absolute Gasteiger partial charge is 0.400 e. The summed E-state index contributed by atoms with van der Waals surface area (Å²) in [6.07, 6.45) is 24.2. The lowest BCUT2D eigenvalue weighted by Crippen LogP contribution is -2.14. The molecule has 0 radical (unpaired) electrons. The molecule has 0 saturated carbocycles. The van der Waals surface area contributed by atoms with Gasteiger partial charge in [-0.2, -0.15) is 5.10 Å². The number of hydrazone groups is 1. The SMILES string of the molecule is C1=C(/C2=N\NCCCCCCCC2)CCCCCCCCC/1.CO. The van der Waals surface area contributed by atoms with Crippen molar-refractivity contribution in [3.63, 3.8) is 0 Å². The van der Waals surface area contributed by atoms with E-state index in [0.29, 0.717) is 0 Å². The Balaban J connectivity index is 0.00000139. The van der Waals surface area contributed by atoms with Gasteiger partial charge in [0.25, 0.3) is 0 Å². The van der Waals surface area contributed by atoms with E-state index in [1.165, 1.54) is 108 Å². The summed E-state index contributed by atoms with van der Waals surface area (Å²) in [5, 5.41) is 11.8. The number of nitrogens with zero attached hydrogens (tertiary/aromatic N) is 1. The fraction of sp³-hybridized carbons (Fsp3) is 0.857. The summed E-state index contributed by atoms with van der Waals surface area (Å²) >= 11 is 0. The molecular formula is C21H40N2O. The van der Waals surface area contributed by atoms with Crippen LogP contribution in [0.3, 0.4) is 0 Å². The van der Waals surface area contributed by atoms with Gasteiger partial charge in [0, 0.05) is 13.7 Å². The van der Waals surface area contributed by atoms with E-state index < -0.39 is 0 Å². The van der Waals surface area contributed by atoms with Crippen LogP contribution in [-0.2, 0) is 0 Å². The fourth-order valence-corrected chi connectivity index (χ4v) is 3.63. The quantitative estimate of drug-likeness (QED) is 0.641. The van der Waals surface area contributed by atoms with E-state index in [4.69, 9.17) is 10.2 Å². The molecule has 2 aliphatic rings. The van der Waals surface area contributed by atoms with Gasteiger partial charge in [0.15, 0.2) is 0 Å². The van der Waals surface area contributed by atoms with Crippen molar-refractivity contribution >= 4 is 5.71 Å². The van der Waals surface area contributed by atoms with Crippen molar-refractivity contribution in [2.45, 2.75) is 103 Å². The highest BCUT2D eigenvalue weighted by Crippen LogP contribution is 2.20. The molecule has 0 aromatic heterocycles. The van der Waals surface area contributed by atoms with Gasteiger partial charge in [-0.1, -0.05) is 63.9 Å². The van der Waals surface area contributed by atoms with Crippen LogP contribution < -0.4 is 5.43 Å². The Bertz CT molecular complexity index is 316. The lowest BCUT2D eigenvalue weighted by molar-refractivity contribution is 0.399. The number of aliphatic hydroxyl groups excluding tert-OH is 1. The molecule has 0 bridgehead atoms. The third-order valence-electron chi connectivity index (χ3n) is 5.08. The third kappa shape index (κ3) is 10.1. The van der Waals surface area contributed by atoms with E-state index in [1.54, 1.807) is 5.57 Å². The lowest BCUT2D eigenvalue weighted by atomic mass is 9.97. The summed E-state index contributed by atoms with van der Waals surface area (Å²) in [7, 11) is 1.00. The molecule has 1 heterocycles. The molecule has 2 rings (SSSR count). The second kappa shape index (κ2) is 15.7. The number of aliphatic hydroxyl groups is 1. The molecule has 0 unspecified atom stereocenters. The predicted molar refractivity (Wildman–Crippen MR) is 106 cm³/mol. The summed E-state index contributed by atoms with van der Waals surface area (Å²) < 4.78 is 0. The fourth-order valence-electron chi connectivity index (χ4n) is 3.63. The molecule has 2 N–H and O–H groups in total. The van der Waals surface area contributed by atoms with Crippen molar-refractivity contribution < 1.29 is 5.11 Å². The first-order chi connectivity index (χ1) is 12.0.